The van der Waals surface area contributed by atoms with Gasteiger partial charge < -0.3 is 9.47 Å². The molecular weight excluding hydrogens is 194 g/mol. The van der Waals surface area contributed by atoms with E-state index in [1.165, 1.54) is 7.11 Å². The molecule has 0 fully saturated rings. The van der Waals surface area contributed by atoms with Crippen molar-refractivity contribution in [2.75, 3.05) is 14.2 Å². The lowest BCUT2D eigenvalue weighted by molar-refractivity contribution is 0.0590. The largest absolute Gasteiger partial charge is 0.496 e. The summed E-state index contributed by atoms with van der Waals surface area (Å²) in [5, 5.41) is 0. The fourth-order valence-electron chi connectivity index (χ4n) is 0.995. The molecule has 0 saturated heterocycles. The van der Waals surface area contributed by atoms with E-state index in [1.54, 1.807) is 0 Å². The van der Waals surface area contributed by atoms with E-state index in [4.69, 9.17) is 4.74 Å². The minimum absolute atomic E-state index is 0.0595. The van der Waals surface area contributed by atoms with Crippen LogP contribution < -0.4 is 4.74 Å². The molecule has 0 spiro atoms. The summed E-state index contributed by atoms with van der Waals surface area (Å²) in [4.78, 5) is 11.1. The van der Waals surface area contributed by atoms with Crippen molar-refractivity contribution >= 4 is 5.97 Å². The highest BCUT2D eigenvalue weighted by Gasteiger charge is 2.21. The fourth-order valence-corrected chi connectivity index (χ4v) is 0.995. The highest BCUT2D eigenvalue weighted by Crippen LogP contribution is 2.24. The molecule has 1 aromatic rings. The molecule has 0 aliphatic rings. The molecule has 1 rings (SSSR count). The summed E-state index contributed by atoms with van der Waals surface area (Å²) in [7, 11) is 2.32. The zero-order valence-electron chi connectivity index (χ0n) is 7.64. The molecule has 5 heteroatoms. The van der Waals surface area contributed by atoms with Crippen LogP contribution in [0.25, 0.3) is 0 Å². The topological polar surface area (TPSA) is 35.5 Å². The number of carbonyl (C=O) groups is 1. The summed E-state index contributed by atoms with van der Waals surface area (Å²) in [6, 6.07) is 2.03. The normalized spacial score (nSPS) is 9.71. The smallest absolute Gasteiger partial charge is 0.344 e. The molecule has 0 aromatic heterocycles. The van der Waals surface area contributed by atoms with Crippen LogP contribution in [0.15, 0.2) is 12.1 Å². The van der Waals surface area contributed by atoms with Gasteiger partial charge in [-0.15, -0.1) is 0 Å². The van der Waals surface area contributed by atoms with E-state index in [2.05, 4.69) is 4.74 Å². The third-order valence-corrected chi connectivity index (χ3v) is 1.67. The Morgan fingerprint density at radius 2 is 1.93 bits per heavy atom. The second-order valence-corrected chi connectivity index (χ2v) is 2.43. The lowest BCUT2D eigenvalue weighted by Crippen LogP contribution is -2.08. The van der Waals surface area contributed by atoms with Crippen LogP contribution in [0.3, 0.4) is 0 Å². The van der Waals surface area contributed by atoms with Crippen molar-refractivity contribution in [2.45, 2.75) is 0 Å². The molecular formula is C9H8F2O3. The molecule has 0 aliphatic carbocycles. The Hall–Kier alpha value is -1.65. The monoisotopic (exact) mass is 202 g/mol. The summed E-state index contributed by atoms with van der Waals surface area (Å²) in [5.41, 5.74) is -0.532. The van der Waals surface area contributed by atoms with Gasteiger partial charge in [-0.3, -0.25) is 0 Å². The zero-order valence-corrected chi connectivity index (χ0v) is 7.64. The fraction of sp³-hybridized carbons (Fsp3) is 0.222. The van der Waals surface area contributed by atoms with E-state index < -0.39 is 23.2 Å². The quantitative estimate of drug-likeness (QED) is 0.685. The lowest BCUT2D eigenvalue weighted by Gasteiger charge is -2.07. The van der Waals surface area contributed by atoms with Gasteiger partial charge in [-0.25, -0.2) is 13.6 Å². The number of halogens is 2. The van der Waals surface area contributed by atoms with Crippen molar-refractivity contribution in [2.24, 2.45) is 0 Å². The molecule has 0 aliphatic heterocycles. The number of methoxy groups -OCH3 is 2. The van der Waals surface area contributed by atoms with E-state index in [9.17, 15) is 13.6 Å². The van der Waals surface area contributed by atoms with Gasteiger partial charge in [-0.05, 0) is 12.1 Å². The molecule has 14 heavy (non-hydrogen) atoms. The Kier molecular flexibility index (Phi) is 3.01. The van der Waals surface area contributed by atoms with Crippen LogP contribution in [0.5, 0.6) is 5.75 Å². The van der Waals surface area contributed by atoms with Crippen LogP contribution in [-0.2, 0) is 4.74 Å². The molecule has 0 N–H and O–H groups in total. The van der Waals surface area contributed by atoms with Gasteiger partial charge in [0.25, 0.3) is 0 Å². The van der Waals surface area contributed by atoms with Gasteiger partial charge in [-0.2, -0.15) is 0 Å². The lowest BCUT2D eigenvalue weighted by atomic mass is 10.2. The maximum Gasteiger partial charge on any atom is 0.344 e. The van der Waals surface area contributed by atoms with Crippen LogP contribution in [0.2, 0.25) is 0 Å². The predicted octanol–water partition coefficient (Wildman–Crippen LogP) is 1.76. The van der Waals surface area contributed by atoms with Crippen molar-refractivity contribution in [1.82, 2.24) is 0 Å². The number of ether oxygens (including phenoxy) is 2. The van der Waals surface area contributed by atoms with Gasteiger partial charge in [0.15, 0.2) is 11.6 Å². The SMILES string of the molecule is COC(=O)c1c(OC)ccc(F)c1F. The summed E-state index contributed by atoms with van der Waals surface area (Å²) in [6.07, 6.45) is 0. The van der Waals surface area contributed by atoms with E-state index in [-0.39, 0.29) is 5.75 Å². The van der Waals surface area contributed by atoms with Gasteiger partial charge in [0.2, 0.25) is 0 Å². The average Bonchev–Trinajstić information content (AvgIpc) is 2.20. The molecule has 3 nitrogen and oxygen atoms in total. The molecule has 76 valence electrons. The second kappa shape index (κ2) is 4.04. The van der Waals surface area contributed by atoms with Crippen molar-refractivity contribution in [3.63, 3.8) is 0 Å². The van der Waals surface area contributed by atoms with E-state index >= 15 is 0 Å². The first kappa shape index (κ1) is 10.4. The minimum Gasteiger partial charge on any atom is -0.496 e. The minimum atomic E-state index is -1.27. The molecule has 0 heterocycles. The standard InChI is InChI=1S/C9H8F2O3/c1-13-6-4-3-5(10)8(11)7(6)9(12)14-2/h3-4H,1-2H3. The Morgan fingerprint density at radius 3 is 2.43 bits per heavy atom. The number of benzene rings is 1. The van der Waals surface area contributed by atoms with Gasteiger partial charge in [0.1, 0.15) is 11.3 Å². The predicted molar refractivity (Wildman–Crippen MR) is 44.2 cm³/mol. The summed E-state index contributed by atoms with van der Waals surface area (Å²) in [5.74, 6) is -3.42. The van der Waals surface area contributed by atoms with Gasteiger partial charge in [-0.1, -0.05) is 0 Å². The van der Waals surface area contributed by atoms with Gasteiger partial charge >= 0.3 is 5.97 Å². The first-order valence-electron chi connectivity index (χ1n) is 3.72. The van der Waals surface area contributed by atoms with Crippen LogP contribution in [0, 0.1) is 11.6 Å². The van der Waals surface area contributed by atoms with Crippen molar-refractivity contribution < 1.29 is 23.0 Å². The molecule has 0 saturated carbocycles. The highest BCUT2D eigenvalue weighted by atomic mass is 19.2. The third kappa shape index (κ3) is 1.66. The van der Waals surface area contributed by atoms with E-state index in [0.717, 1.165) is 19.2 Å². The molecule has 0 unspecified atom stereocenters. The van der Waals surface area contributed by atoms with Crippen LogP contribution in [-0.4, -0.2) is 20.2 Å². The molecule has 0 amide bonds. The van der Waals surface area contributed by atoms with Gasteiger partial charge in [0.05, 0.1) is 14.2 Å². The first-order chi connectivity index (χ1) is 6.61. The van der Waals surface area contributed by atoms with Crippen LogP contribution in [0.1, 0.15) is 10.4 Å². The summed E-state index contributed by atoms with van der Waals surface area (Å²) < 4.78 is 34.9. The van der Waals surface area contributed by atoms with Crippen molar-refractivity contribution in [1.29, 1.82) is 0 Å². The number of rotatable bonds is 2. The number of hydrogen-bond donors (Lipinski definition) is 0. The Morgan fingerprint density at radius 1 is 1.29 bits per heavy atom. The molecule has 1 aromatic carbocycles. The van der Waals surface area contributed by atoms with E-state index in [0.29, 0.717) is 0 Å². The van der Waals surface area contributed by atoms with Gasteiger partial charge in [0, 0.05) is 0 Å². The Bertz CT molecular complexity index is 363. The highest BCUT2D eigenvalue weighted by molar-refractivity contribution is 5.92. The zero-order chi connectivity index (χ0) is 10.7. The Labute approximate surface area is 79.2 Å². The number of carbonyl (C=O) groups excluding carboxylic acids is 1. The van der Waals surface area contributed by atoms with Crippen LogP contribution >= 0.6 is 0 Å². The molecule has 0 atom stereocenters. The second-order valence-electron chi connectivity index (χ2n) is 2.43. The molecule has 0 bridgehead atoms. The van der Waals surface area contributed by atoms with E-state index in [1.807, 2.05) is 0 Å². The average molecular weight is 202 g/mol. The van der Waals surface area contributed by atoms with Crippen LogP contribution in [0.4, 0.5) is 8.78 Å². The Balaban J connectivity index is 3.35. The maximum absolute atomic E-state index is 13.1. The summed E-state index contributed by atoms with van der Waals surface area (Å²) in [6.45, 7) is 0. The molecule has 0 radical (unpaired) electrons. The number of hydrogen-bond acceptors (Lipinski definition) is 3. The third-order valence-electron chi connectivity index (χ3n) is 1.67. The summed E-state index contributed by atoms with van der Waals surface area (Å²) >= 11 is 0. The van der Waals surface area contributed by atoms with Crippen molar-refractivity contribution in [3.8, 4) is 5.75 Å². The maximum atomic E-state index is 13.1. The van der Waals surface area contributed by atoms with Crippen molar-refractivity contribution in [3.05, 3.63) is 29.3 Å². The first-order valence-corrected chi connectivity index (χ1v) is 3.72. The number of esters is 1.